The van der Waals surface area contributed by atoms with Crippen molar-refractivity contribution in [2.75, 3.05) is 41.7 Å². The van der Waals surface area contributed by atoms with Crippen LogP contribution < -0.4 is 15.5 Å². The first-order chi connectivity index (χ1) is 15.5. The van der Waals surface area contributed by atoms with E-state index in [4.69, 9.17) is 11.6 Å². The molecule has 2 fully saturated rings. The van der Waals surface area contributed by atoms with Gasteiger partial charge in [0, 0.05) is 48.3 Å². The Morgan fingerprint density at radius 1 is 0.875 bits per heavy atom. The van der Waals surface area contributed by atoms with E-state index in [-0.39, 0.29) is 11.9 Å². The molecule has 0 aliphatic carbocycles. The van der Waals surface area contributed by atoms with Crippen LogP contribution in [-0.4, -0.2) is 43.0 Å². The number of piperidine rings is 2. The lowest BCUT2D eigenvalue weighted by Gasteiger charge is -2.34. The van der Waals surface area contributed by atoms with Gasteiger partial charge < -0.3 is 20.4 Å². The molecule has 2 aliphatic rings. The Hall–Kier alpha value is -2.73. The molecule has 0 atom stereocenters. The molecule has 2 saturated heterocycles. The van der Waals surface area contributed by atoms with Crippen LogP contribution in [0, 0.1) is 5.92 Å². The van der Waals surface area contributed by atoms with Gasteiger partial charge in [-0.2, -0.15) is 0 Å². The van der Waals surface area contributed by atoms with E-state index >= 15 is 0 Å². The third-order valence-corrected chi connectivity index (χ3v) is 6.61. The van der Waals surface area contributed by atoms with E-state index in [1.165, 1.54) is 6.42 Å². The average molecular weight is 455 g/mol. The van der Waals surface area contributed by atoms with Gasteiger partial charge >= 0.3 is 6.03 Å². The summed E-state index contributed by atoms with van der Waals surface area (Å²) in [6.45, 7) is 5.73. The molecule has 0 radical (unpaired) electrons. The fourth-order valence-corrected chi connectivity index (χ4v) is 4.53. The third kappa shape index (κ3) is 5.54. The highest BCUT2D eigenvalue weighted by molar-refractivity contribution is 6.30. The number of likely N-dealkylation sites (tertiary alicyclic amines) is 1. The van der Waals surface area contributed by atoms with Crippen molar-refractivity contribution >= 4 is 40.6 Å². The minimum atomic E-state index is -0.358. The summed E-state index contributed by atoms with van der Waals surface area (Å²) in [5.74, 6) is 0.712. The van der Waals surface area contributed by atoms with Gasteiger partial charge in [-0.25, -0.2) is 4.79 Å². The minimum absolute atomic E-state index is 0.0548. The number of rotatable bonds is 4. The highest BCUT2D eigenvalue weighted by atomic mass is 35.5. The number of nitrogens with zero attached hydrogens (tertiary/aromatic N) is 2. The van der Waals surface area contributed by atoms with Crippen molar-refractivity contribution in [3.8, 4) is 0 Å². The molecule has 0 spiro atoms. The molecular formula is C25H31ClN4O2. The molecule has 6 nitrogen and oxygen atoms in total. The molecule has 2 aliphatic heterocycles. The van der Waals surface area contributed by atoms with Crippen LogP contribution in [-0.2, 0) is 0 Å². The van der Waals surface area contributed by atoms with Crippen LogP contribution in [0.4, 0.5) is 21.9 Å². The highest BCUT2D eigenvalue weighted by Crippen LogP contribution is 2.30. The molecule has 0 saturated carbocycles. The lowest BCUT2D eigenvalue weighted by atomic mass is 9.98. The summed E-state index contributed by atoms with van der Waals surface area (Å²) in [6.07, 6.45) is 5.57. The van der Waals surface area contributed by atoms with Crippen LogP contribution in [0.15, 0.2) is 42.5 Å². The molecule has 3 amide bonds. The number of benzene rings is 2. The number of nitrogens with one attached hydrogen (secondary N) is 2. The molecule has 7 heteroatoms. The first-order valence-corrected chi connectivity index (χ1v) is 11.9. The molecule has 170 valence electrons. The molecule has 2 heterocycles. The lowest BCUT2D eigenvalue weighted by Crippen LogP contribution is -2.39. The highest BCUT2D eigenvalue weighted by Gasteiger charge is 2.26. The fraction of sp³-hybridized carbons (Fsp3) is 0.440. The van der Waals surface area contributed by atoms with Crippen molar-refractivity contribution < 1.29 is 9.59 Å². The van der Waals surface area contributed by atoms with Crippen LogP contribution >= 0.6 is 11.6 Å². The first kappa shape index (κ1) is 22.5. The number of hydrogen-bond donors (Lipinski definition) is 2. The van der Waals surface area contributed by atoms with Crippen molar-refractivity contribution in [3.63, 3.8) is 0 Å². The van der Waals surface area contributed by atoms with Gasteiger partial charge in [0.25, 0.3) is 5.91 Å². The van der Waals surface area contributed by atoms with Gasteiger partial charge in [-0.1, -0.05) is 18.5 Å². The standard InChI is InChI=1S/C25H31ClN4O2/c1-18-11-15-30(16-12-18)24(31)22-17-21(9-10-23(22)29-13-3-2-4-14-29)28-25(32)27-20-7-5-19(26)6-8-20/h5-10,17-18H,2-4,11-16H2,1H3,(H2,27,28,32). The summed E-state index contributed by atoms with van der Waals surface area (Å²) in [4.78, 5) is 30.3. The van der Waals surface area contributed by atoms with Gasteiger partial charge in [0.2, 0.25) is 0 Å². The van der Waals surface area contributed by atoms with Crippen LogP contribution in [0.1, 0.15) is 49.4 Å². The summed E-state index contributed by atoms with van der Waals surface area (Å²) >= 11 is 5.91. The topological polar surface area (TPSA) is 64.7 Å². The Morgan fingerprint density at radius 3 is 2.19 bits per heavy atom. The van der Waals surface area contributed by atoms with E-state index in [0.29, 0.717) is 27.9 Å². The maximum atomic E-state index is 13.5. The van der Waals surface area contributed by atoms with Crippen LogP contribution in [0.5, 0.6) is 0 Å². The molecule has 4 rings (SSSR count). The zero-order valence-electron chi connectivity index (χ0n) is 18.6. The SMILES string of the molecule is CC1CCN(C(=O)c2cc(NC(=O)Nc3ccc(Cl)cc3)ccc2N2CCCCC2)CC1. The fourth-order valence-electron chi connectivity index (χ4n) is 4.40. The van der Waals surface area contributed by atoms with Gasteiger partial charge in [-0.3, -0.25) is 4.79 Å². The zero-order valence-corrected chi connectivity index (χ0v) is 19.3. The first-order valence-electron chi connectivity index (χ1n) is 11.5. The number of halogens is 1. The Labute approximate surface area is 194 Å². The zero-order chi connectivity index (χ0) is 22.5. The minimum Gasteiger partial charge on any atom is -0.371 e. The van der Waals surface area contributed by atoms with E-state index in [1.54, 1.807) is 24.3 Å². The van der Waals surface area contributed by atoms with E-state index in [0.717, 1.165) is 57.5 Å². The number of urea groups is 1. The number of hydrogen-bond acceptors (Lipinski definition) is 3. The van der Waals surface area contributed by atoms with Crippen molar-refractivity contribution in [2.45, 2.75) is 39.0 Å². The molecule has 32 heavy (non-hydrogen) atoms. The molecule has 2 aromatic carbocycles. The van der Waals surface area contributed by atoms with Gasteiger partial charge in [0.05, 0.1) is 5.56 Å². The molecule has 2 N–H and O–H groups in total. The van der Waals surface area contributed by atoms with Gasteiger partial charge in [0.15, 0.2) is 0 Å². The smallest absolute Gasteiger partial charge is 0.323 e. The van der Waals surface area contributed by atoms with E-state index in [1.807, 2.05) is 23.1 Å². The number of anilines is 3. The predicted molar refractivity (Wildman–Crippen MR) is 131 cm³/mol. The largest absolute Gasteiger partial charge is 0.371 e. The van der Waals surface area contributed by atoms with Crippen molar-refractivity contribution in [1.82, 2.24) is 4.90 Å². The van der Waals surface area contributed by atoms with Gasteiger partial charge in [-0.15, -0.1) is 0 Å². The van der Waals surface area contributed by atoms with Crippen LogP contribution in [0.2, 0.25) is 5.02 Å². The summed E-state index contributed by atoms with van der Waals surface area (Å²) < 4.78 is 0. The van der Waals surface area contributed by atoms with Gasteiger partial charge in [0.1, 0.15) is 0 Å². The molecule has 0 unspecified atom stereocenters. The van der Waals surface area contributed by atoms with E-state index < -0.39 is 0 Å². The quantitative estimate of drug-likeness (QED) is 0.609. The maximum Gasteiger partial charge on any atom is 0.323 e. The molecule has 0 aromatic heterocycles. The molecular weight excluding hydrogens is 424 g/mol. The summed E-state index contributed by atoms with van der Waals surface area (Å²) in [5, 5.41) is 6.28. The Bertz CT molecular complexity index is 949. The Morgan fingerprint density at radius 2 is 1.50 bits per heavy atom. The summed E-state index contributed by atoms with van der Waals surface area (Å²) in [7, 11) is 0. The number of carbonyl (C=O) groups is 2. The lowest BCUT2D eigenvalue weighted by molar-refractivity contribution is 0.0698. The maximum absolute atomic E-state index is 13.5. The average Bonchev–Trinajstić information content (AvgIpc) is 2.81. The second-order valence-electron chi connectivity index (χ2n) is 8.84. The summed E-state index contributed by atoms with van der Waals surface area (Å²) in [5.41, 5.74) is 2.89. The third-order valence-electron chi connectivity index (χ3n) is 6.35. The molecule has 0 bridgehead atoms. The van der Waals surface area contributed by atoms with E-state index in [2.05, 4.69) is 22.5 Å². The number of carbonyl (C=O) groups excluding carboxylic acids is 2. The van der Waals surface area contributed by atoms with Crippen molar-refractivity contribution in [2.24, 2.45) is 5.92 Å². The number of amides is 3. The summed E-state index contributed by atoms with van der Waals surface area (Å²) in [6, 6.07) is 12.3. The van der Waals surface area contributed by atoms with Crippen LogP contribution in [0.3, 0.4) is 0 Å². The second kappa shape index (κ2) is 10.3. The van der Waals surface area contributed by atoms with Gasteiger partial charge in [-0.05, 0) is 80.5 Å². The van der Waals surface area contributed by atoms with Crippen LogP contribution in [0.25, 0.3) is 0 Å². The normalized spacial score (nSPS) is 17.2. The predicted octanol–water partition coefficient (Wildman–Crippen LogP) is 5.85. The molecule has 2 aromatic rings. The Balaban J connectivity index is 1.54. The second-order valence-corrected chi connectivity index (χ2v) is 9.28. The van der Waals surface area contributed by atoms with E-state index in [9.17, 15) is 9.59 Å². The van der Waals surface area contributed by atoms with Crippen molar-refractivity contribution in [3.05, 3.63) is 53.1 Å². The monoisotopic (exact) mass is 454 g/mol. The van der Waals surface area contributed by atoms with Crippen molar-refractivity contribution in [1.29, 1.82) is 0 Å². The Kier molecular flexibility index (Phi) is 7.20.